The van der Waals surface area contributed by atoms with Crippen molar-refractivity contribution in [2.45, 2.75) is 26.3 Å². The third-order valence-electron chi connectivity index (χ3n) is 7.06. The average molecular weight is 476 g/mol. The van der Waals surface area contributed by atoms with Gasteiger partial charge in [-0.1, -0.05) is 12.1 Å². The lowest BCUT2D eigenvalue weighted by Gasteiger charge is -2.34. The highest BCUT2D eigenvalue weighted by Gasteiger charge is 2.24. The molecule has 184 valence electrons. The van der Waals surface area contributed by atoms with Gasteiger partial charge in [-0.05, 0) is 55.7 Å². The molecular weight excluding hydrogens is 442 g/mol. The molecule has 3 aromatic rings. The number of hydrogen-bond acceptors (Lipinski definition) is 5. The molecule has 2 aliphatic heterocycles. The topological polar surface area (TPSA) is 70.9 Å². The fraction of sp³-hybridized carbons (Fsp3) is 0.444. The Bertz CT molecular complexity index is 1220. The monoisotopic (exact) mass is 475 g/mol. The van der Waals surface area contributed by atoms with Gasteiger partial charge in [0.1, 0.15) is 11.6 Å². The van der Waals surface area contributed by atoms with Crippen molar-refractivity contribution in [1.82, 2.24) is 24.3 Å². The van der Waals surface area contributed by atoms with Crippen LogP contribution in [-0.4, -0.2) is 81.9 Å². The molecule has 2 aliphatic rings. The van der Waals surface area contributed by atoms with Crippen LogP contribution in [0.4, 0.5) is 0 Å². The largest absolute Gasteiger partial charge is 0.484 e. The van der Waals surface area contributed by atoms with Gasteiger partial charge in [-0.15, -0.1) is 0 Å². The van der Waals surface area contributed by atoms with Gasteiger partial charge in [-0.25, -0.2) is 4.98 Å². The molecule has 2 amide bonds. The van der Waals surface area contributed by atoms with Crippen molar-refractivity contribution in [3.8, 4) is 5.75 Å². The summed E-state index contributed by atoms with van der Waals surface area (Å²) in [4.78, 5) is 36.4. The van der Waals surface area contributed by atoms with E-state index >= 15 is 0 Å². The van der Waals surface area contributed by atoms with Gasteiger partial charge in [0.25, 0.3) is 11.8 Å². The number of amides is 2. The molecule has 8 nitrogen and oxygen atoms in total. The van der Waals surface area contributed by atoms with E-state index in [4.69, 9.17) is 9.72 Å². The summed E-state index contributed by atoms with van der Waals surface area (Å²) in [6.45, 7) is 7.40. The van der Waals surface area contributed by atoms with Crippen molar-refractivity contribution in [3.05, 3.63) is 59.4 Å². The van der Waals surface area contributed by atoms with E-state index in [1.165, 1.54) is 0 Å². The van der Waals surface area contributed by atoms with Crippen LogP contribution in [0.2, 0.25) is 0 Å². The van der Waals surface area contributed by atoms with Crippen LogP contribution in [0.1, 0.15) is 34.6 Å². The van der Waals surface area contributed by atoms with E-state index in [0.717, 1.165) is 67.2 Å². The van der Waals surface area contributed by atoms with Crippen LogP contribution < -0.4 is 4.74 Å². The maximum atomic E-state index is 12.8. The fourth-order valence-electron chi connectivity index (χ4n) is 4.92. The van der Waals surface area contributed by atoms with Gasteiger partial charge in [-0.2, -0.15) is 0 Å². The minimum atomic E-state index is 0.0177. The van der Waals surface area contributed by atoms with E-state index < -0.39 is 0 Å². The molecule has 0 bridgehead atoms. The number of aromatic nitrogens is 2. The standard InChI is InChI=1S/C27H33N5O3/c1-20-6-5-7-22(16-20)35-19-26(33)31-14-12-30(13-15-31)18-25-28-23-17-21(8-9-24(23)29(25)2)27(34)32-10-3-4-11-32/h5-9,16-17H,3-4,10-15,18-19H2,1-2H3. The molecule has 2 aromatic carbocycles. The molecule has 35 heavy (non-hydrogen) atoms. The van der Waals surface area contributed by atoms with Crippen molar-refractivity contribution >= 4 is 22.8 Å². The molecule has 1 aromatic heterocycles. The summed E-state index contributed by atoms with van der Waals surface area (Å²) in [5, 5.41) is 0. The number of imidazole rings is 1. The molecule has 0 atom stereocenters. The highest BCUT2D eigenvalue weighted by molar-refractivity contribution is 5.97. The lowest BCUT2D eigenvalue weighted by molar-refractivity contribution is -0.135. The Morgan fingerprint density at radius 2 is 1.71 bits per heavy atom. The summed E-state index contributed by atoms with van der Waals surface area (Å²) in [6.07, 6.45) is 2.17. The van der Waals surface area contributed by atoms with E-state index in [1.807, 2.05) is 66.2 Å². The number of carbonyl (C=O) groups excluding carboxylic acids is 2. The first-order valence-corrected chi connectivity index (χ1v) is 12.4. The first-order valence-electron chi connectivity index (χ1n) is 12.4. The zero-order chi connectivity index (χ0) is 24.4. The Morgan fingerprint density at radius 1 is 0.943 bits per heavy atom. The van der Waals surface area contributed by atoms with Crippen LogP contribution in [0.3, 0.4) is 0 Å². The van der Waals surface area contributed by atoms with Crippen LogP contribution in [-0.2, 0) is 18.4 Å². The summed E-state index contributed by atoms with van der Waals surface area (Å²) >= 11 is 0. The third kappa shape index (κ3) is 5.17. The number of rotatable bonds is 6. The van der Waals surface area contributed by atoms with Crippen LogP contribution in [0.5, 0.6) is 5.75 Å². The minimum absolute atomic E-state index is 0.0177. The van der Waals surface area contributed by atoms with Gasteiger partial charge in [-0.3, -0.25) is 14.5 Å². The molecule has 2 saturated heterocycles. The Balaban J connectivity index is 1.16. The zero-order valence-electron chi connectivity index (χ0n) is 20.6. The Labute approximate surface area is 206 Å². The van der Waals surface area contributed by atoms with Crippen molar-refractivity contribution in [1.29, 1.82) is 0 Å². The van der Waals surface area contributed by atoms with Crippen molar-refractivity contribution in [2.75, 3.05) is 45.9 Å². The minimum Gasteiger partial charge on any atom is -0.484 e. The number of hydrogen-bond donors (Lipinski definition) is 0. The maximum Gasteiger partial charge on any atom is 0.260 e. The summed E-state index contributed by atoms with van der Waals surface area (Å²) in [7, 11) is 2.02. The van der Waals surface area contributed by atoms with Crippen molar-refractivity contribution in [2.24, 2.45) is 7.05 Å². The van der Waals surface area contributed by atoms with E-state index in [1.54, 1.807) is 0 Å². The van der Waals surface area contributed by atoms with Crippen LogP contribution in [0.25, 0.3) is 11.0 Å². The predicted molar refractivity (Wildman–Crippen MR) is 134 cm³/mol. The predicted octanol–water partition coefficient (Wildman–Crippen LogP) is 2.84. The second-order valence-corrected chi connectivity index (χ2v) is 9.55. The highest BCUT2D eigenvalue weighted by Crippen LogP contribution is 2.21. The number of ether oxygens (including phenoxy) is 1. The van der Waals surface area contributed by atoms with Crippen molar-refractivity contribution < 1.29 is 14.3 Å². The van der Waals surface area contributed by atoms with Crippen LogP contribution in [0, 0.1) is 6.92 Å². The summed E-state index contributed by atoms with van der Waals surface area (Å²) in [5.41, 5.74) is 3.71. The Kier molecular flexibility index (Phi) is 6.72. The maximum absolute atomic E-state index is 12.8. The number of carbonyl (C=O) groups is 2. The molecule has 0 radical (unpaired) electrons. The molecule has 0 spiro atoms. The summed E-state index contributed by atoms with van der Waals surface area (Å²) < 4.78 is 7.79. The first kappa shape index (κ1) is 23.4. The zero-order valence-corrected chi connectivity index (χ0v) is 20.6. The van der Waals surface area contributed by atoms with Gasteiger partial charge in [0.15, 0.2) is 6.61 Å². The van der Waals surface area contributed by atoms with Gasteiger partial charge < -0.3 is 19.1 Å². The van der Waals surface area contributed by atoms with Gasteiger partial charge in [0.2, 0.25) is 0 Å². The number of benzene rings is 2. The fourth-order valence-corrected chi connectivity index (χ4v) is 4.92. The van der Waals surface area contributed by atoms with Gasteiger partial charge in [0.05, 0.1) is 17.6 Å². The number of piperazine rings is 1. The van der Waals surface area contributed by atoms with Crippen molar-refractivity contribution in [3.63, 3.8) is 0 Å². The molecule has 0 unspecified atom stereocenters. The normalized spacial score (nSPS) is 16.7. The summed E-state index contributed by atoms with van der Waals surface area (Å²) in [5.74, 6) is 1.81. The first-order chi connectivity index (χ1) is 17.0. The molecule has 0 aliphatic carbocycles. The second kappa shape index (κ2) is 10.1. The molecule has 0 N–H and O–H groups in total. The molecular formula is C27H33N5O3. The van der Waals surface area contributed by atoms with E-state index in [2.05, 4.69) is 9.47 Å². The van der Waals surface area contributed by atoms with Crippen LogP contribution >= 0.6 is 0 Å². The third-order valence-corrected chi connectivity index (χ3v) is 7.06. The number of nitrogens with zero attached hydrogens (tertiary/aromatic N) is 5. The Morgan fingerprint density at radius 3 is 2.46 bits per heavy atom. The SMILES string of the molecule is Cc1cccc(OCC(=O)N2CCN(Cc3nc4cc(C(=O)N5CCCC5)ccc4n3C)CC2)c1. The second-order valence-electron chi connectivity index (χ2n) is 9.55. The van der Waals surface area contributed by atoms with Gasteiger partial charge >= 0.3 is 0 Å². The smallest absolute Gasteiger partial charge is 0.260 e. The van der Waals surface area contributed by atoms with E-state index in [9.17, 15) is 9.59 Å². The Hall–Kier alpha value is -3.39. The van der Waals surface area contributed by atoms with E-state index in [0.29, 0.717) is 25.2 Å². The molecule has 8 heteroatoms. The molecule has 0 saturated carbocycles. The van der Waals surface area contributed by atoms with Gasteiger partial charge in [0, 0.05) is 51.9 Å². The average Bonchev–Trinajstić information content (AvgIpc) is 3.51. The number of likely N-dealkylation sites (tertiary alicyclic amines) is 1. The van der Waals surface area contributed by atoms with Crippen LogP contribution in [0.15, 0.2) is 42.5 Å². The number of fused-ring (bicyclic) bond motifs is 1. The summed E-state index contributed by atoms with van der Waals surface area (Å²) in [6, 6.07) is 13.6. The lowest BCUT2D eigenvalue weighted by Crippen LogP contribution is -2.49. The quantitative estimate of drug-likeness (QED) is 0.548. The molecule has 5 rings (SSSR count). The number of aryl methyl sites for hydroxylation is 2. The molecule has 3 heterocycles. The van der Waals surface area contributed by atoms with E-state index in [-0.39, 0.29) is 18.4 Å². The highest BCUT2D eigenvalue weighted by atomic mass is 16.5. The lowest BCUT2D eigenvalue weighted by atomic mass is 10.2. The molecule has 2 fully saturated rings.